The normalized spacial score (nSPS) is 19.3. The van der Waals surface area contributed by atoms with Gasteiger partial charge in [0.15, 0.2) is 5.13 Å². The van der Waals surface area contributed by atoms with Crippen LogP contribution in [-0.4, -0.2) is 49.1 Å². The van der Waals surface area contributed by atoms with E-state index >= 15 is 0 Å². The van der Waals surface area contributed by atoms with Gasteiger partial charge in [-0.2, -0.15) is 0 Å². The molecule has 0 aliphatic carbocycles. The van der Waals surface area contributed by atoms with Crippen LogP contribution in [0.5, 0.6) is 0 Å². The second-order valence-electron chi connectivity index (χ2n) is 5.48. The zero-order chi connectivity index (χ0) is 15.2. The molecule has 1 unspecified atom stereocenters. The number of methoxy groups -OCH3 is 1. The Bertz CT molecular complexity index is 478. The second-order valence-corrected chi connectivity index (χ2v) is 6.48. The maximum absolute atomic E-state index is 12.6. The zero-order valence-electron chi connectivity index (χ0n) is 12.7. The minimum absolute atomic E-state index is 0.0129. The van der Waals surface area contributed by atoms with Gasteiger partial charge in [-0.25, -0.2) is 4.98 Å². The van der Waals surface area contributed by atoms with Gasteiger partial charge in [-0.3, -0.25) is 4.79 Å². The molecule has 1 aromatic rings. The third-order valence-corrected chi connectivity index (χ3v) is 4.75. The van der Waals surface area contributed by atoms with Gasteiger partial charge in [0.25, 0.3) is 5.91 Å². The van der Waals surface area contributed by atoms with Crippen molar-refractivity contribution in [3.8, 4) is 0 Å². The zero-order valence-corrected chi connectivity index (χ0v) is 13.5. The first-order valence-corrected chi connectivity index (χ1v) is 8.22. The standard InChI is InChI=1S/C14H24N4O2S/c1-10-4-3-7-18(8-5-10)13(19)11-12(15)17-14(21-11)16-6-9-20-2/h10H,3-9,15H2,1-2H3,(H,16,17). The summed E-state index contributed by atoms with van der Waals surface area (Å²) in [6, 6.07) is 0. The topological polar surface area (TPSA) is 80.5 Å². The highest BCUT2D eigenvalue weighted by molar-refractivity contribution is 7.18. The Balaban J connectivity index is 2.01. The van der Waals surface area contributed by atoms with Crippen molar-refractivity contribution in [2.75, 3.05) is 44.4 Å². The Hall–Kier alpha value is -1.34. The molecule has 118 valence electrons. The van der Waals surface area contributed by atoms with Crippen molar-refractivity contribution in [1.82, 2.24) is 9.88 Å². The lowest BCUT2D eigenvalue weighted by Gasteiger charge is -2.19. The first kappa shape index (κ1) is 16.0. The van der Waals surface area contributed by atoms with Gasteiger partial charge in [-0.15, -0.1) is 0 Å². The predicted octanol–water partition coefficient (Wildman–Crippen LogP) is 2.05. The molecule has 1 aliphatic heterocycles. The maximum Gasteiger partial charge on any atom is 0.267 e. The summed E-state index contributed by atoms with van der Waals surface area (Å²) >= 11 is 1.33. The fourth-order valence-electron chi connectivity index (χ4n) is 2.43. The molecule has 21 heavy (non-hydrogen) atoms. The summed E-state index contributed by atoms with van der Waals surface area (Å²) < 4.78 is 4.98. The second kappa shape index (κ2) is 7.61. The molecule has 0 spiro atoms. The number of nitrogens with one attached hydrogen (secondary N) is 1. The molecular formula is C14H24N4O2S. The summed E-state index contributed by atoms with van der Waals surface area (Å²) in [5.74, 6) is 1.02. The summed E-state index contributed by atoms with van der Waals surface area (Å²) in [5.41, 5.74) is 5.90. The molecule has 1 fully saturated rings. The Morgan fingerprint density at radius 1 is 1.52 bits per heavy atom. The van der Waals surface area contributed by atoms with Crippen LogP contribution in [0.2, 0.25) is 0 Å². The quantitative estimate of drug-likeness (QED) is 0.813. The summed E-state index contributed by atoms with van der Waals surface area (Å²) in [4.78, 5) is 19.3. The number of anilines is 2. The smallest absolute Gasteiger partial charge is 0.267 e. The van der Waals surface area contributed by atoms with Crippen molar-refractivity contribution < 1.29 is 9.53 Å². The van der Waals surface area contributed by atoms with Crippen molar-refractivity contribution in [2.24, 2.45) is 5.92 Å². The van der Waals surface area contributed by atoms with Crippen LogP contribution in [0.15, 0.2) is 0 Å². The number of rotatable bonds is 5. The molecule has 3 N–H and O–H groups in total. The molecular weight excluding hydrogens is 288 g/mol. The average Bonchev–Trinajstić information content (AvgIpc) is 2.68. The molecule has 2 rings (SSSR count). The first-order chi connectivity index (χ1) is 10.1. The number of nitrogens with two attached hydrogens (primary N) is 1. The molecule has 2 heterocycles. The van der Waals surface area contributed by atoms with Gasteiger partial charge < -0.3 is 20.7 Å². The van der Waals surface area contributed by atoms with E-state index in [1.54, 1.807) is 7.11 Å². The first-order valence-electron chi connectivity index (χ1n) is 7.40. The number of aromatic nitrogens is 1. The number of carbonyl (C=O) groups is 1. The van der Waals surface area contributed by atoms with Gasteiger partial charge in [0.05, 0.1) is 6.61 Å². The van der Waals surface area contributed by atoms with Crippen LogP contribution < -0.4 is 11.1 Å². The summed E-state index contributed by atoms with van der Waals surface area (Å²) in [6.07, 6.45) is 3.31. The molecule has 0 saturated carbocycles. The largest absolute Gasteiger partial charge is 0.383 e. The average molecular weight is 312 g/mol. The number of hydrogen-bond acceptors (Lipinski definition) is 6. The number of ether oxygens (including phenoxy) is 1. The summed E-state index contributed by atoms with van der Waals surface area (Å²) in [6.45, 7) is 5.11. The van der Waals surface area contributed by atoms with Crippen LogP contribution in [0, 0.1) is 5.92 Å². The molecule has 1 aliphatic rings. The molecule has 0 radical (unpaired) electrons. The highest BCUT2D eigenvalue weighted by atomic mass is 32.1. The molecule has 1 atom stereocenters. The van der Waals surface area contributed by atoms with Crippen molar-refractivity contribution in [3.05, 3.63) is 4.88 Å². The van der Waals surface area contributed by atoms with Crippen molar-refractivity contribution in [2.45, 2.75) is 26.2 Å². The molecule has 1 aromatic heterocycles. The minimum Gasteiger partial charge on any atom is -0.383 e. The maximum atomic E-state index is 12.6. The highest BCUT2D eigenvalue weighted by Gasteiger charge is 2.24. The van der Waals surface area contributed by atoms with Crippen LogP contribution in [0.4, 0.5) is 10.9 Å². The number of thiazole rings is 1. The van der Waals surface area contributed by atoms with Crippen LogP contribution in [0.3, 0.4) is 0 Å². The highest BCUT2D eigenvalue weighted by Crippen LogP contribution is 2.27. The third-order valence-electron chi connectivity index (χ3n) is 3.73. The van der Waals surface area contributed by atoms with E-state index in [4.69, 9.17) is 10.5 Å². The van der Waals surface area contributed by atoms with Crippen molar-refractivity contribution in [1.29, 1.82) is 0 Å². The number of carbonyl (C=O) groups excluding carboxylic acids is 1. The Morgan fingerprint density at radius 3 is 3.10 bits per heavy atom. The van der Waals surface area contributed by atoms with E-state index in [1.165, 1.54) is 17.8 Å². The Kier molecular flexibility index (Phi) is 5.81. The lowest BCUT2D eigenvalue weighted by Crippen LogP contribution is -2.31. The molecule has 0 bridgehead atoms. The fraction of sp³-hybridized carbons (Fsp3) is 0.714. The lowest BCUT2D eigenvalue weighted by atomic mass is 10.0. The van der Waals surface area contributed by atoms with E-state index in [0.717, 1.165) is 25.9 Å². The molecule has 0 aromatic carbocycles. The van der Waals surface area contributed by atoms with E-state index in [1.807, 2.05) is 4.90 Å². The fourth-order valence-corrected chi connectivity index (χ4v) is 3.31. The van der Waals surface area contributed by atoms with Crippen LogP contribution >= 0.6 is 11.3 Å². The summed E-state index contributed by atoms with van der Waals surface area (Å²) in [5, 5.41) is 3.79. The van der Waals surface area contributed by atoms with Gasteiger partial charge in [-0.1, -0.05) is 18.3 Å². The van der Waals surface area contributed by atoms with Crippen molar-refractivity contribution >= 4 is 28.2 Å². The number of amides is 1. The molecule has 1 amide bonds. The van der Waals surface area contributed by atoms with Gasteiger partial charge >= 0.3 is 0 Å². The SMILES string of the molecule is COCCNc1nc(N)c(C(=O)N2CCCC(C)CC2)s1. The van der Waals surface area contributed by atoms with Crippen LogP contribution in [0.1, 0.15) is 35.9 Å². The van der Waals surface area contributed by atoms with Crippen LogP contribution in [-0.2, 0) is 4.74 Å². The molecule has 1 saturated heterocycles. The van der Waals surface area contributed by atoms with Gasteiger partial charge in [0.1, 0.15) is 10.7 Å². The lowest BCUT2D eigenvalue weighted by molar-refractivity contribution is 0.0766. The Labute approximate surface area is 129 Å². The van der Waals surface area contributed by atoms with Crippen LogP contribution in [0.25, 0.3) is 0 Å². The van der Waals surface area contributed by atoms with Gasteiger partial charge in [0.2, 0.25) is 0 Å². The number of nitrogen functional groups attached to an aromatic ring is 1. The number of nitrogens with zero attached hydrogens (tertiary/aromatic N) is 2. The molecule has 6 nitrogen and oxygen atoms in total. The third kappa shape index (κ3) is 4.31. The summed E-state index contributed by atoms with van der Waals surface area (Å²) in [7, 11) is 1.65. The van der Waals surface area contributed by atoms with E-state index < -0.39 is 0 Å². The number of hydrogen-bond donors (Lipinski definition) is 2. The molecule has 7 heteroatoms. The van der Waals surface area contributed by atoms with E-state index in [9.17, 15) is 4.79 Å². The Morgan fingerprint density at radius 2 is 2.33 bits per heavy atom. The minimum atomic E-state index is 0.0129. The van der Waals surface area contributed by atoms with Crippen molar-refractivity contribution in [3.63, 3.8) is 0 Å². The number of likely N-dealkylation sites (tertiary alicyclic amines) is 1. The van der Waals surface area contributed by atoms with E-state index in [2.05, 4.69) is 17.2 Å². The van der Waals surface area contributed by atoms with Gasteiger partial charge in [0, 0.05) is 26.7 Å². The van der Waals surface area contributed by atoms with E-state index in [0.29, 0.717) is 34.9 Å². The predicted molar refractivity (Wildman–Crippen MR) is 85.8 cm³/mol. The monoisotopic (exact) mass is 312 g/mol. The van der Waals surface area contributed by atoms with Gasteiger partial charge in [-0.05, 0) is 25.2 Å². The van der Waals surface area contributed by atoms with E-state index in [-0.39, 0.29) is 5.91 Å².